The second-order valence-electron chi connectivity index (χ2n) is 5.84. The van der Waals surface area contributed by atoms with Gasteiger partial charge in [0.2, 0.25) is 0 Å². The third-order valence-electron chi connectivity index (χ3n) is 4.03. The van der Waals surface area contributed by atoms with Gasteiger partial charge >= 0.3 is 0 Å². The van der Waals surface area contributed by atoms with Gasteiger partial charge in [0.15, 0.2) is 0 Å². The summed E-state index contributed by atoms with van der Waals surface area (Å²) in [6.45, 7) is -0.000992. The van der Waals surface area contributed by atoms with Crippen LogP contribution in [0.25, 0.3) is 16.8 Å². The minimum Gasteiger partial charge on any atom is -0.392 e. The van der Waals surface area contributed by atoms with Gasteiger partial charge in [0.1, 0.15) is 17.2 Å². The Morgan fingerprint density at radius 2 is 1.93 bits per heavy atom. The maximum Gasteiger partial charge on any atom is 0.277 e. The van der Waals surface area contributed by atoms with E-state index >= 15 is 0 Å². The van der Waals surface area contributed by atoms with Gasteiger partial charge in [-0.25, -0.2) is 9.97 Å². The van der Waals surface area contributed by atoms with Gasteiger partial charge in [0.05, 0.1) is 6.61 Å². The molecular formula is C20H17ClN4O2. The third kappa shape index (κ3) is 3.97. The molecule has 136 valence electrons. The number of amides is 1. The van der Waals surface area contributed by atoms with Crippen LogP contribution < -0.4 is 5.32 Å². The number of imidazole rings is 1. The van der Waals surface area contributed by atoms with Crippen molar-refractivity contribution < 1.29 is 9.90 Å². The molecular weight excluding hydrogens is 364 g/mol. The van der Waals surface area contributed by atoms with Crippen LogP contribution in [0.15, 0.2) is 73.2 Å². The summed E-state index contributed by atoms with van der Waals surface area (Å²) in [4.78, 5) is 20.8. The smallest absolute Gasteiger partial charge is 0.277 e. The summed E-state index contributed by atoms with van der Waals surface area (Å²) in [7, 11) is 0. The topological polar surface area (TPSA) is 79.5 Å². The first-order valence-corrected chi connectivity index (χ1v) is 8.14. The minimum atomic E-state index is -0.309. The Balaban J connectivity index is 0.00000210. The van der Waals surface area contributed by atoms with Crippen molar-refractivity contribution in [1.82, 2.24) is 14.4 Å². The van der Waals surface area contributed by atoms with E-state index in [1.54, 1.807) is 30.6 Å². The van der Waals surface area contributed by atoms with E-state index in [4.69, 9.17) is 0 Å². The molecule has 2 N–H and O–H groups in total. The van der Waals surface area contributed by atoms with Crippen LogP contribution in [-0.4, -0.2) is 25.4 Å². The van der Waals surface area contributed by atoms with Crippen molar-refractivity contribution in [3.8, 4) is 11.1 Å². The maximum atomic E-state index is 12.4. The molecule has 0 radical (unpaired) electrons. The lowest BCUT2D eigenvalue weighted by Crippen LogP contribution is -2.13. The van der Waals surface area contributed by atoms with Crippen molar-refractivity contribution in [2.75, 3.05) is 5.32 Å². The number of pyridine rings is 2. The fraction of sp³-hybridized carbons (Fsp3) is 0.0500. The molecule has 0 spiro atoms. The highest BCUT2D eigenvalue weighted by atomic mass is 35.5. The van der Waals surface area contributed by atoms with Crippen molar-refractivity contribution in [3.63, 3.8) is 0 Å². The SMILES string of the molecule is Cl.O=C(Nc1ccccn1)c1cn2cc(-c3cccc(CO)c3)ccc2n1. The van der Waals surface area contributed by atoms with Gasteiger partial charge in [-0.05, 0) is 47.0 Å². The lowest BCUT2D eigenvalue weighted by atomic mass is 10.1. The average molecular weight is 381 g/mol. The zero-order valence-corrected chi connectivity index (χ0v) is 15.1. The molecule has 0 fully saturated rings. The van der Waals surface area contributed by atoms with E-state index in [2.05, 4.69) is 15.3 Å². The first kappa shape index (κ1) is 18.6. The number of hydrogen-bond acceptors (Lipinski definition) is 4. The first-order chi connectivity index (χ1) is 12.7. The molecule has 0 aliphatic rings. The van der Waals surface area contributed by atoms with Gasteiger partial charge < -0.3 is 14.8 Å². The average Bonchev–Trinajstić information content (AvgIpc) is 3.12. The second kappa shape index (κ2) is 7.99. The maximum absolute atomic E-state index is 12.4. The van der Waals surface area contributed by atoms with Crippen LogP contribution in [-0.2, 0) is 6.61 Å². The Kier molecular flexibility index (Phi) is 5.49. The third-order valence-corrected chi connectivity index (χ3v) is 4.03. The van der Waals surface area contributed by atoms with Gasteiger partial charge in [-0.2, -0.15) is 0 Å². The number of carbonyl (C=O) groups excluding carboxylic acids is 1. The van der Waals surface area contributed by atoms with Crippen LogP contribution in [0.4, 0.5) is 5.82 Å². The van der Waals surface area contributed by atoms with E-state index in [0.29, 0.717) is 17.2 Å². The molecule has 27 heavy (non-hydrogen) atoms. The Hall–Kier alpha value is -3.22. The van der Waals surface area contributed by atoms with E-state index in [0.717, 1.165) is 16.7 Å². The van der Waals surface area contributed by atoms with Crippen molar-refractivity contribution in [1.29, 1.82) is 0 Å². The Bertz CT molecular complexity index is 1080. The molecule has 3 aromatic heterocycles. The van der Waals surface area contributed by atoms with Crippen LogP contribution in [0.1, 0.15) is 16.1 Å². The summed E-state index contributed by atoms with van der Waals surface area (Å²) >= 11 is 0. The van der Waals surface area contributed by atoms with Crippen LogP contribution >= 0.6 is 12.4 Å². The molecule has 1 amide bonds. The number of anilines is 1. The Labute approximate surface area is 161 Å². The number of nitrogens with zero attached hydrogens (tertiary/aromatic N) is 3. The van der Waals surface area contributed by atoms with E-state index < -0.39 is 0 Å². The fourth-order valence-corrected chi connectivity index (χ4v) is 2.74. The number of nitrogens with one attached hydrogen (secondary N) is 1. The van der Waals surface area contributed by atoms with Gasteiger partial charge in [0, 0.05) is 18.6 Å². The van der Waals surface area contributed by atoms with Gasteiger partial charge in [-0.15, -0.1) is 12.4 Å². The fourth-order valence-electron chi connectivity index (χ4n) is 2.74. The molecule has 3 heterocycles. The summed E-state index contributed by atoms with van der Waals surface area (Å²) < 4.78 is 1.81. The highest BCUT2D eigenvalue weighted by Gasteiger charge is 2.12. The van der Waals surface area contributed by atoms with Crippen LogP contribution in [0, 0.1) is 0 Å². The zero-order chi connectivity index (χ0) is 17.9. The first-order valence-electron chi connectivity index (χ1n) is 8.14. The van der Waals surface area contributed by atoms with Crippen LogP contribution in [0.2, 0.25) is 0 Å². The number of halogens is 1. The second-order valence-corrected chi connectivity index (χ2v) is 5.84. The monoisotopic (exact) mass is 380 g/mol. The molecule has 0 saturated carbocycles. The lowest BCUT2D eigenvalue weighted by Gasteiger charge is -2.04. The summed E-state index contributed by atoms with van der Waals surface area (Å²) in [6.07, 6.45) is 5.22. The predicted molar refractivity (Wildman–Crippen MR) is 106 cm³/mol. The number of fused-ring (bicyclic) bond motifs is 1. The van der Waals surface area contributed by atoms with Gasteiger partial charge in [-0.1, -0.05) is 24.3 Å². The highest BCUT2D eigenvalue weighted by molar-refractivity contribution is 6.02. The van der Waals surface area contributed by atoms with Crippen molar-refractivity contribution >= 4 is 29.8 Å². The van der Waals surface area contributed by atoms with E-state index in [-0.39, 0.29) is 24.9 Å². The number of aliphatic hydroxyl groups is 1. The number of aliphatic hydroxyl groups excluding tert-OH is 1. The summed E-state index contributed by atoms with van der Waals surface area (Å²) in [6, 6.07) is 16.8. The number of aromatic nitrogens is 3. The molecule has 1 aromatic carbocycles. The molecule has 0 bridgehead atoms. The molecule has 4 rings (SSSR count). The number of benzene rings is 1. The largest absolute Gasteiger partial charge is 0.392 e. The summed E-state index contributed by atoms with van der Waals surface area (Å²) in [5.74, 6) is 0.173. The minimum absolute atomic E-state index is 0. The number of carbonyl (C=O) groups is 1. The molecule has 0 aliphatic carbocycles. The zero-order valence-electron chi connectivity index (χ0n) is 14.2. The molecule has 0 aliphatic heterocycles. The molecule has 0 saturated heterocycles. The number of hydrogen-bond donors (Lipinski definition) is 2. The molecule has 0 unspecified atom stereocenters. The Morgan fingerprint density at radius 3 is 2.70 bits per heavy atom. The van der Waals surface area contributed by atoms with Crippen molar-refractivity contribution in [2.45, 2.75) is 6.61 Å². The highest BCUT2D eigenvalue weighted by Crippen LogP contribution is 2.21. The predicted octanol–water partition coefficient (Wildman–Crippen LogP) is 3.56. The van der Waals surface area contributed by atoms with Gasteiger partial charge in [0.25, 0.3) is 5.91 Å². The molecule has 0 atom stereocenters. The Morgan fingerprint density at radius 1 is 1.04 bits per heavy atom. The standard InChI is InChI=1S/C20H16N4O2.ClH/c25-13-14-4-3-5-15(10-14)16-7-8-19-22-17(12-24(19)11-16)20(26)23-18-6-1-2-9-21-18;/h1-12,25H,13H2,(H,21,23,26);1H. The van der Waals surface area contributed by atoms with E-state index in [1.807, 2.05) is 47.0 Å². The quantitative estimate of drug-likeness (QED) is 0.567. The molecule has 4 aromatic rings. The van der Waals surface area contributed by atoms with Crippen LogP contribution in [0.3, 0.4) is 0 Å². The van der Waals surface area contributed by atoms with E-state index in [9.17, 15) is 9.90 Å². The van der Waals surface area contributed by atoms with E-state index in [1.165, 1.54) is 0 Å². The van der Waals surface area contributed by atoms with Crippen molar-refractivity contribution in [2.24, 2.45) is 0 Å². The molecule has 6 nitrogen and oxygen atoms in total. The van der Waals surface area contributed by atoms with Gasteiger partial charge in [-0.3, -0.25) is 4.79 Å². The summed E-state index contributed by atoms with van der Waals surface area (Å²) in [5, 5.41) is 12.0. The lowest BCUT2D eigenvalue weighted by molar-refractivity contribution is 0.102. The normalized spacial score (nSPS) is 10.4. The summed E-state index contributed by atoms with van der Waals surface area (Å²) in [5.41, 5.74) is 3.81. The van der Waals surface area contributed by atoms with Crippen LogP contribution in [0.5, 0.6) is 0 Å². The van der Waals surface area contributed by atoms with Crippen molar-refractivity contribution in [3.05, 3.63) is 84.4 Å². The number of rotatable bonds is 4. The molecule has 7 heteroatoms.